The van der Waals surface area contributed by atoms with Crippen molar-refractivity contribution >= 4 is 64.0 Å². The van der Waals surface area contributed by atoms with Crippen molar-refractivity contribution in [2.75, 3.05) is 0 Å². The summed E-state index contributed by atoms with van der Waals surface area (Å²) in [7, 11) is 0. The molecule has 6 rings (SSSR count). The Kier molecular flexibility index (Phi) is 15.1. The Bertz CT molecular complexity index is 1480. The van der Waals surface area contributed by atoms with E-state index in [9.17, 15) is 0 Å². The first-order valence-corrected chi connectivity index (χ1v) is 14.9. The van der Waals surface area contributed by atoms with Crippen molar-refractivity contribution in [3.63, 3.8) is 0 Å². The van der Waals surface area contributed by atoms with Crippen LogP contribution in [0.25, 0.3) is 43.4 Å². The van der Waals surface area contributed by atoms with E-state index in [-0.39, 0.29) is 39.7 Å². The quantitative estimate of drug-likeness (QED) is 0.129. The molecule has 0 saturated heterocycles. The molecular weight excluding hydrogens is 575 g/mol. The van der Waals surface area contributed by atoms with Gasteiger partial charge in [0.15, 0.2) is 0 Å². The summed E-state index contributed by atoms with van der Waals surface area (Å²) in [6, 6.07) is 38.9. The van der Waals surface area contributed by atoms with Crippen LogP contribution >= 0.6 is 24.8 Å². The first-order valence-electron chi connectivity index (χ1n) is 10.7. The van der Waals surface area contributed by atoms with Crippen LogP contribution in [0.5, 0.6) is 0 Å². The Hall–Kier alpha value is -1.96. The molecule has 0 aliphatic carbocycles. The summed E-state index contributed by atoms with van der Waals surface area (Å²) in [5.74, 6) is 0. The second kappa shape index (κ2) is 16.0. The third-order valence-corrected chi connectivity index (χ3v) is 5.86. The molecule has 6 aromatic carbocycles. The third-order valence-electron chi connectivity index (χ3n) is 5.86. The Labute approximate surface area is 245 Å². The molecule has 0 aliphatic heterocycles. The van der Waals surface area contributed by atoms with Crippen LogP contribution in [0.15, 0.2) is 109 Å². The number of hydrogen-bond acceptors (Lipinski definition) is 0. The number of halogens is 2. The molecule has 0 heterocycles. The molecule has 2 radical (unpaired) electrons. The predicted molar refractivity (Wildman–Crippen MR) is 165 cm³/mol. The van der Waals surface area contributed by atoms with Crippen molar-refractivity contribution in [3.8, 4) is 11.1 Å². The Morgan fingerprint density at radius 3 is 2.00 bits per heavy atom. The van der Waals surface area contributed by atoms with Gasteiger partial charge in [0.1, 0.15) is 0 Å². The first-order chi connectivity index (χ1) is 15.7. The van der Waals surface area contributed by atoms with Gasteiger partial charge >= 0.3 is 30.2 Å². The van der Waals surface area contributed by atoms with Crippen LogP contribution in [0.1, 0.15) is 11.1 Å². The summed E-state index contributed by atoms with van der Waals surface area (Å²) in [6.45, 7) is 7.39. The van der Waals surface area contributed by atoms with Crippen LogP contribution in [0.4, 0.5) is 0 Å². The Balaban J connectivity index is 0.000000577. The zero-order valence-electron chi connectivity index (χ0n) is 21.2. The zero-order valence-corrected chi connectivity index (χ0v) is 26.3. The molecule has 36 heavy (non-hydrogen) atoms. The van der Waals surface area contributed by atoms with Gasteiger partial charge in [0.25, 0.3) is 0 Å². The topological polar surface area (TPSA) is 0 Å². The van der Waals surface area contributed by atoms with Crippen LogP contribution < -0.4 is 0 Å². The van der Waals surface area contributed by atoms with Crippen molar-refractivity contribution in [2.45, 2.75) is 13.8 Å². The molecule has 0 saturated carbocycles. The molecular formula is C32H32Cl2SiZr-4. The maximum absolute atomic E-state index is 3.06. The van der Waals surface area contributed by atoms with E-state index >= 15 is 0 Å². The minimum Gasteiger partial charge on any atom is -0.150 e. The Morgan fingerprint density at radius 2 is 1.28 bits per heavy atom. The van der Waals surface area contributed by atoms with Crippen LogP contribution in [0.2, 0.25) is 0 Å². The van der Waals surface area contributed by atoms with Crippen molar-refractivity contribution < 1.29 is 23.3 Å². The predicted octanol–water partition coefficient (Wildman–Crippen LogP) is 9.92. The molecule has 6 aromatic rings. The monoisotopic (exact) mass is 604 g/mol. The largest absolute Gasteiger partial charge is 0.150 e. The molecule has 0 fully saturated rings. The number of benzene rings is 4. The maximum Gasteiger partial charge on any atom is -0.0623 e. The van der Waals surface area contributed by atoms with E-state index in [2.05, 4.69) is 130 Å². The van der Waals surface area contributed by atoms with E-state index in [1.165, 1.54) is 77.9 Å². The first kappa shape index (κ1) is 34.0. The number of fused-ring (bicyclic) bond motifs is 4. The van der Waals surface area contributed by atoms with Gasteiger partial charge in [-0.1, -0.05) is 77.4 Å². The van der Waals surface area contributed by atoms with Crippen LogP contribution in [0, 0.1) is 28.7 Å². The fraction of sp³-hybridized carbons (Fsp3) is 0.0625. The summed E-state index contributed by atoms with van der Waals surface area (Å²) >= 11 is 1.36. The second-order valence-corrected chi connectivity index (χ2v) is 7.97. The molecule has 0 N–H and O–H groups in total. The smallest absolute Gasteiger partial charge is 0.0623 e. The van der Waals surface area contributed by atoms with Crippen molar-refractivity contribution in [3.05, 3.63) is 135 Å². The molecule has 0 aliphatic rings. The zero-order chi connectivity index (χ0) is 22.5. The SMILES string of the molecule is Cc1ccc2c(c1)[cH-]c1cccc(C)c12.Cl.Cl.[CH3-].[CH3-].[Si]=[Zr].c1ccc(-c2c[cH-]c3ccccc23)cc1. The minimum atomic E-state index is 0. The fourth-order valence-electron chi connectivity index (χ4n) is 4.40. The van der Waals surface area contributed by atoms with E-state index < -0.39 is 0 Å². The van der Waals surface area contributed by atoms with Gasteiger partial charge in [0, 0.05) is 0 Å². The standard InChI is InChI=1S/C15H13.C15H11.2CH3.2ClH.Si.Zr/c1-10-6-7-14-13(8-10)9-12-5-3-4-11(2)15(12)14;1-2-6-12(7-3-1)15-11-10-13-8-4-5-9-14(13)15;;;;;;/h3-9H,1-2H3;1-11H;2*1H3;2*1H;;/q4*-1;;;;. The average Bonchev–Trinajstić information content (AvgIpc) is 3.43. The van der Waals surface area contributed by atoms with Gasteiger partial charge in [0.2, 0.25) is 0 Å². The maximum atomic E-state index is 3.06. The van der Waals surface area contributed by atoms with Crippen LogP contribution in [-0.4, -0.2) is 6.88 Å². The normalized spacial score (nSPS) is 9.25. The fourth-order valence-corrected chi connectivity index (χ4v) is 4.40. The van der Waals surface area contributed by atoms with E-state index in [1.807, 2.05) is 0 Å². The minimum absolute atomic E-state index is 0. The van der Waals surface area contributed by atoms with Crippen LogP contribution in [0.3, 0.4) is 0 Å². The van der Waals surface area contributed by atoms with Gasteiger partial charge in [-0.2, -0.15) is 0 Å². The molecule has 0 atom stereocenters. The molecule has 0 unspecified atom stereocenters. The summed E-state index contributed by atoms with van der Waals surface area (Å²) in [6.07, 6.45) is 0. The van der Waals surface area contributed by atoms with Crippen molar-refractivity contribution in [2.24, 2.45) is 0 Å². The van der Waals surface area contributed by atoms with Crippen molar-refractivity contribution in [1.82, 2.24) is 0 Å². The summed E-state index contributed by atoms with van der Waals surface area (Å²) < 4.78 is 0. The van der Waals surface area contributed by atoms with E-state index in [0.29, 0.717) is 0 Å². The number of hydrogen-bond donors (Lipinski definition) is 0. The molecule has 0 aromatic heterocycles. The van der Waals surface area contributed by atoms with Gasteiger partial charge in [-0.05, 0) is 13.8 Å². The molecule has 4 heteroatoms. The summed E-state index contributed by atoms with van der Waals surface area (Å²) in [5.41, 5.74) is 5.31. The molecule has 0 amide bonds. The average molecular weight is 607 g/mol. The Morgan fingerprint density at radius 1 is 0.639 bits per heavy atom. The van der Waals surface area contributed by atoms with Gasteiger partial charge in [0.05, 0.1) is 0 Å². The number of rotatable bonds is 1. The van der Waals surface area contributed by atoms with Gasteiger partial charge < -0.3 is 14.9 Å². The second-order valence-electron chi connectivity index (χ2n) is 7.97. The number of aryl methyl sites for hydroxylation is 2. The van der Waals surface area contributed by atoms with E-state index in [0.717, 1.165) is 0 Å². The molecule has 0 nitrogen and oxygen atoms in total. The molecule has 0 bridgehead atoms. The van der Waals surface area contributed by atoms with Crippen molar-refractivity contribution in [1.29, 1.82) is 0 Å². The molecule has 186 valence electrons. The molecule has 0 spiro atoms. The van der Waals surface area contributed by atoms with Gasteiger partial charge in [-0.25, -0.2) is 0 Å². The third kappa shape index (κ3) is 7.30. The van der Waals surface area contributed by atoms with Crippen LogP contribution in [-0.2, 0) is 23.3 Å². The summed E-state index contributed by atoms with van der Waals surface area (Å²) in [5, 5.41) is 8.16. The van der Waals surface area contributed by atoms with E-state index in [1.54, 1.807) is 0 Å². The van der Waals surface area contributed by atoms with Gasteiger partial charge in [-0.3, -0.25) is 0 Å². The summed E-state index contributed by atoms with van der Waals surface area (Å²) in [4.78, 5) is 0. The van der Waals surface area contributed by atoms with Gasteiger partial charge in [-0.15, -0.1) is 111 Å². The van der Waals surface area contributed by atoms with E-state index in [4.69, 9.17) is 0 Å².